The van der Waals surface area contributed by atoms with Gasteiger partial charge in [-0.25, -0.2) is 4.98 Å². The topological polar surface area (TPSA) is 38.0 Å². The third-order valence-electron chi connectivity index (χ3n) is 3.68. The highest BCUT2D eigenvalue weighted by Crippen LogP contribution is 2.24. The monoisotopic (exact) mass is 222 g/mol. The van der Waals surface area contributed by atoms with Crippen LogP contribution in [0.3, 0.4) is 0 Å². The zero-order chi connectivity index (χ0) is 11.8. The Kier molecular flexibility index (Phi) is 3.06. The van der Waals surface area contributed by atoms with Crippen molar-refractivity contribution in [2.75, 3.05) is 0 Å². The number of fused-ring (bicyclic) bond motifs is 1. The summed E-state index contributed by atoms with van der Waals surface area (Å²) >= 11 is 0. The van der Waals surface area contributed by atoms with Crippen LogP contribution in [0.15, 0.2) is 0 Å². The summed E-state index contributed by atoms with van der Waals surface area (Å²) in [6.07, 6.45) is 5.52. The number of aromatic nitrogens is 2. The Morgan fingerprint density at radius 2 is 2.06 bits per heavy atom. The summed E-state index contributed by atoms with van der Waals surface area (Å²) in [7, 11) is 0. The first-order chi connectivity index (χ1) is 7.53. The first kappa shape index (κ1) is 11.6. The van der Waals surface area contributed by atoms with E-state index in [1.165, 1.54) is 24.2 Å². The molecule has 1 aliphatic carbocycles. The van der Waals surface area contributed by atoms with Gasteiger partial charge in [-0.2, -0.15) is 0 Å². The highest BCUT2D eigenvalue weighted by atomic mass is 16.3. The maximum Gasteiger partial charge on any atom is 0.106 e. The second-order valence-electron chi connectivity index (χ2n) is 5.20. The zero-order valence-electron chi connectivity index (χ0n) is 10.6. The molecule has 1 heterocycles. The van der Waals surface area contributed by atoms with Crippen LogP contribution in [0.2, 0.25) is 0 Å². The number of hydrogen-bond donors (Lipinski definition) is 1. The molecule has 0 radical (unpaired) electrons. The standard InChI is InChI=1S/C13H22N2O/c1-4-13(3,16)9-15-10(2)14-11-7-5-6-8-12(11)15/h16H,4-9H2,1-3H3. The molecule has 0 saturated heterocycles. The van der Waals surface area contributed by atoms with Gasteiger partial charge >= 0.3 is 0 Å². The fourth-order valence-corrected chi connectivity index (χ4v) is 2.40. The fraction of sp³-hybridized carbons (Fsp3) is 0.769. The van der Waals surface area contributed by atoms with Crippen LogP contribution in [-0.4, -0.2) is 20.3 Å². The van der Waals surface area contributed by atoms with Crippen molar-refractivity contribution < 1.29 is 5.11 Å². The molecule has 0 amide bonds. The van der Waals surface area contributed by atoms with E-state index in [0.717, 1.165) is 25.1 Å². The first-order valence-corrected chi connectivity index (χ1v) is 6.31. The molecule has 1 aromatic rings. The Hall–Kier alpha value is -0.830. The summed E-state index contributed by atoms with van der Waals surface area (Å²) in [4.78, 5) is 4.62. The maximum absolute atomic E-state index is 10.2. The van der Waals surface area contributed by atoms with Crippen molar-refractivity contribution >= 4 is 0 Å². The van der Waals surface area contributed by atoms with Crippen molar-refractivity contribution in [3.8, 4) is 0 Å². The van der Waals surface area contributed by atoms with Gasteiger partial charge in [-0.05, 0) is 46.0 Å². The minimum absolute atomic E-state index is 0.614. The summed E-state index contributed by atoms with van der Waals surface area (Å²) in [5.74, 6) is 1.06. The summed E-state index contributed by atoms with van der Waals surface area (Å²) in [6, 6.07) is 0. The summed E-state index contributed by atoms with van der Waals surface area (Å²) in [5, 5.41) is 10.2. The van der Waals surface area contributed by atoms with E-state index in [2.05, 4.69) is 9.55 Å². The molecule has 0 aliphatic heterocycles. The molecule has 16 heavy (non-hydrogen) atoms. The van der Waals surface area contributed by atoms with E-state index in [4.69, 9.17) is 0 Å². The molecular formula is C13H22N2O. The van der Waals surface area contributed by atoms with Crippen LogP contribution < -0.4 is 0 Å². The Labute approximate surface area is 97.5 Å². The molecule has 1 aliphatic rings. The van der Waals surface area contributed by atoms with Crippen LogP contribution in [0.1, 0.15) is 50.3 Å². The number of rotatable bonds is 3. The van der Waals surface area contributed by atoms with Crippen molar-refractivity contribution in [3.63, 3.8) is 0 Å². The fourth-order valence-electron chi connectivity index (χ4n) is 2.40. The molecule has 0 saturated carbocycles. The molecule has 1 atom stereocenters. The van der Waals surface area contributed by atoms with Crippen molar-refractivity contribution in [3.05, 3.63) is 17.2 Å². The van der Waals surface area contributed by atoms with E-state index in [9.17, 15) is 5.11 Å². The van der Waals surface area contributed by atoms with Gasteiger partial charge in [-0.3, -0.25) is 0 Å². The minimum Gasteiger partial charge on any atom is -0.388 e. The second-order valence-corrected chi connectivity index (χ2v) is 5.20. The van der Waals surface area contributed by atoms with Gasteiger partial charge in [0.15, 0.2) is 0 Å². The maximum atomic E-state index is 10.2. The van der Waals surface area contributed by atoms with Crippen LogP contribution in [0.25, 0.3) is 0 Å². The molecule has 3 heteroatoms. The third kappa shape index (κ3) is 2.14. The lowest BCUT2D eigenvalue weighted by atomic mass is 9.99. The number of imidazole rings is 1. The first-order valence-electron chi connectivity index (χ1n) is 6.31. The highest BCUT2D eigenvalue weighted by molar-refractivity contribution is 5.20. The SMILES string of the molecule is CCC(C)(O)Cn1c(C)nc2c1CCCC2. The average Bonchev–Trinajstić information content (AvgIpc) is 2.56. The Bertz CT molecular complexity index is 380. The van der Waals surface area contributed by atoms with E-state index in [1.807, 2.05) is 20.8 Å². The van der Waals surface area contributed by atoms with E-state index < -0.39 is 5.60 Å². The Balaban J connectivity index is 2.30. The quantitative estimate of drug-likeness (QED) is 0.851. The molecule has 2 rings (SSSR count). The molecule has 0 fully saturated rings. The van der Waals surface area contributed by atoms with Gasteiger partial charge in [-0.1, -0.05) is 6.92 Å². The van der Waals surface area contributed by atoms with Crippen LogP contribution in [0.4, 0.5) is 0 Å². The van der Waals surface area contributed by atoms with E-state index in [1.54, 1.807) is 0 Å². The van der Waals surface area contributed by atoms with Gasteiger partial charge in [0.25, 0.3) is 0 Å². The highest BCUT2D eigenvalue weighted by Gasteiger charge is 2.24. The summed E-state index contributed by atoms with van der Waals surface area (Å²) in [6.45, 7) is 6.65. The van der Waals surface area contributed by atoms with Crippen LogP contribution >= 0.6 is 0 Å². The smallest absolute Gasteiger partial charge is 0.106 e. The molecule has 0 spiro atoms. The minimum atomic E-state index is -0.614. The molecular weight excluding hydrogens is 200 g/mol. The molecule has 3 nitrogen and oxygen atoms in total. The average molecular weight is 222 g/mol. The third-order valence-corrected chi connectivity index (χ3v) is 3.68. The predicted octanol–water partition coefficient (Wildman–Crippen LogP) is 2.23. The van der Waals surface area contributed by atoms with Gasteiger partial charge in [0.2, 0.25) is 0 Å². The van der Waals surface area contributed by atoms with Gasteiger partial charge in [-0.15, -0.1) is 0 Å². The summed E-state index contributed by atoms with van der Waals surface area (Å²) in [5.41, 5.74) is 2.00. The Morgan fingerprint density at radius 1 is 1.38 bits per heavy atom. The van der Waals surface area contributed by atoms with Gasteiger partial charge in [0.1, 0.15) is 5.82 Å². The van der Waals surface area contributed by atoms with E-state index in [-0.39, 0.29) is 0 Å². The second kappa shape index (κ2) is 4.21. The van der Waals surface area contributed by atoms with Gasteiger partial charge in [0.05, 0.1) is 17.8 Å². The number of aryl methyl sites for hydroxylation is 2. The predicted molar refractivity (Wildman–Crippen MR) is 64.5 cm³/mol. The number of hydrogen-bond acceptors (Lipinski definition) is 2. The van der Waals surface area contributed by atoms with Crippen LogP contribution in [-0.2, 0) is 19.4 Å². The lowest BCUT2D eigenvalue weighted by Gasteiger charge is -2.25. The van der Waals surface area contributed by atoms with Crippen molar-refractivity contribution in [2.24, 2.45) is 0 Å². The lowest BCUT2D eigenvalue weighted by Crippen LogP contribution is -2.31. The molecule has 0 bridgehead atoms. The van der Waals surface area contributed by atoms with Crippen LogP contribution in [0, 0.1) is 6.92 Å². The largest absolute Gasteiger partial charge is 0.388 e. The van der Waals surface area contributed by atoms with Crippen molar-refractivity contribution in [1.29, 1.82) is 0 Å². The Morgan fingerprint density at radius 3 is 2.75 bits per heavy atom. The van der Waals surface area contributed by atoms with Crippen LogP contribution in [0.5, 0.6) is 0 Å². The van der Waals surface area contributed by atoms with Crippen molar-refractivity contribution in [2.45, 2.75) is 65.0 Å². The van der Waals surface area contributed by atoms with Crippen molar-refractivity contribution in [1.82, 2.24) is 9.55 Å². The summed E-state index contributed by atoms with van der Waals surface area (Å²) < 4.78 is 2.22. The van der Waals surface area contributed by atoms with Gasteiger partial charge in [0, 0.05) is 5.69 Å². The normalized spacial score (nSPS) is 19.2. The van der Waals surface area contributed by atoms with Gasteiger partial charge < -0.3 is 9.67 Å². The lowest BCUT2D eigenvalue weighted by molar-refractivity contribution is 0.0365. The molecule has 90 valence electrons. The zero-order valence-corrected chi connectivity index (χ0v) is 10.6. The van der Waals surface area contributed by atoms with E-state index >= 15 is 0 Å². The molecule has 1 N–H and O–H groups in total. The number of nitrogens with zero attached hydrogens (tertiary/aromatic N) is 2. The molecule has 1 unspecified atom stereocenters. The molecule has 1 aromatic heterocycles. The number of aliphatic hydroxyl groups is 1. The molecule has 0 aromatic carbocycles. The van der Waals surface area contributed by atoms with E-state index in [0.29, 0.717) is 6.54 Å².